The number of nitrogens with one attached hydrogen (secondary N) is 1. The number of aliphatic hydroxyl groups is 8. The van der Waals surface area contributed by atoms with Crippen LogP contribution < -0.4 is 5.32 Å². The molecule has 1 saturated heterocycles. The van der Waals surface area contributed by atoms with Crippen molar-refractivity contribution in [2.24, 2.45) is 0 Å². The van der Waals surface area contributed by atoms with E-state index < -0.39 is 74.3 Å². The first-order chi connectivity index (χ1) is 17.1. The fourth-order valence-corrected chi connectivity index (χ4v) is 4.01. The minimum absolute atomic E-state index is 0.0442. The zero-order chi connectivity index (χ0) is 27.1. The van der Waals surface area contributed by atoms with E-state index in [1.807, 2.05) is 0 Å². The summed E-state index contributed by atoms with van der Waals surface area (Å²) in [6.07, 6.45) is -6.61. The lowest BCUT2D eigenvalue weighted by atomic mass is 9.98. The average molecular weight is 528 g/mol. The highest BCUT2D eigenvalue weighted by Gasteiger charge is 2.46. The maximum atomic E-state index is 10.5. The van der Waals surface area contributed by atoms with Gasteiger partial charge in [-0.15, -0.1) is 0 Å². The average Bonchev–Trinajstić information content (AvgIpc) is 2.86. The van der Waals surface area contributed by atoms with Gasteiger partial charge in [-0.2, -0.15) is 0 Å². The fourth-order valence-electron chi connectivity index (χ4n) is 4.01. The summed E-state index contributed by atoms with van der Waals surface area (Å²) in [5.41, 5.74) is 0. The molecule has 0 bridgehead atoms. The predicted octanol–water partition coefficient (Wildman–Crippen LogP) is -2.57. The molecule has 214 valence electrons. The second kappa shape index (κ2) is 18.3. The topological polar surface area (TPSA) is 230 Å². The van der Waals surface area contributed by atoms with E-state index in [2.05, 4.69) is 5.32 Å². The van der Waals surface area contributed by atoms with E-state index in [1.54, 1.807) is 0 Å². The number of carboxylic acids is 1. The molecule has 10 N–H and O–H groups in total. The summed E-state index contributed by atoms with van der Waals surface area (Å²) in [4.78, 5) is 10.5. The number of aliphatic carboxylic acids is 1. The number of carboxylic acid groups (broad SMARTS) is 1. The van der Waals surface area contributed by atoms with Gasteiger partial charge in [0.1, 0.15) is 42.7 Å². The molecule has 0 aromatic heterocycles. The summed E-state index contributed by atoms with van der Waals surface area (Å²) < 4.78 is 10.6. The Balaban J connectivity index is 2.36. The van der Waals surface area contributed by atoms with E-state index in [1.165, 1.54) is 0 Å². The first-order valence-electron chi connectivity index (χ1n) is 12.7. The summed E-state index contributed by atoms with van der Waals surface area (Å²) in [5.74, 6) is -0.762. The Kier molecular flexibility index (Phi) is 16.8. The molecule has 0 aliphatic carbocycles. The van der Waals surface area contributed by atoms with Gasteiger partial charge in [0.05, 0.1) is 19.3 Å². The second-order valence-corrected chi connectivity index (χ2v) is 9.28. The number of rotatable bonds is 20. The summed E-state index contributed by atoms with van der Waals surface area (Å²) in [6.45, 7) is -1.00. The molecule has 1 fully saturated rings. The van der Waals surface area contributed by atoms with Crippen LogP contribution >= 0.6 is 0 Å². The molecule has 0 aromatic carbocycles. The van der Waals surface area contributed by atoms with Crippen LogP contribution in [0.5, 0.6) is 0 Å². The van der Waals surface area contributed by atoms with Crippen LogP contribution in [0.4, 0.5) is 0 Å². The van der Waals surface area contributed by atoms with Crippen LogP contribution in [0.1, 0.15) is 57.8 Å². The van der Waals surface area contributed by atoms with E-state index in [-0.39, 0.29) is 13.0 Å². The molecule has 1 rings (SSSR count). The molecule has 1 heterocycles. The van der Waals surface area contributed by atoms with E-state index in [9.17, 15) is 45.6 Å². The molecular formula is C23H45NO12. The third kappa shape index (κ3) is 11.6. The minimum Gasteiger partial charge on any atom is -0.481 e. The van der Waals surface area contributed by atoms with E-state index in [0.717, 1.165) is 44.9 Å². The summed E-state index contributed by atoms with van der Waals surface area (Å²) >= 11 is 0. The van der Waals surface area contributed by atoms with Crippen LogP contribution in [0.2, 0.25) is 0 Å². The van der Waals surface area contributed by atoms with Crippen molar-refractivity contribution in [1.82, 2.24) is 5.32 Å². The second-order valence-electron chi connectivity index (χ2n) is 9.28. The molecular weight excluding hydrogens is 482 g/mol. The lowest BCUT2D eigenvalue weighted by Crippen LogP contribution is -2.61. The molecule has 1 aliphatic rings. The highest BCUT2D eigenvalue weighted by molar-refractivity contribution is 5.66. The third-order valence-electron chi connectivity index (χ3n) is 6.28. The molecule has 1 aliphatic heterocycles. The molecule has 0 unspecified atom stereocenters. The standard InChI is InChI=1S/C23H45NO12/c25-12-15(28)22(36-23-21(34)20(33)19(32)16(13-26)35-23)18(31)14(27)11-24-10-8-6-4-2-1-3-5-7-9-17(29)30/h14-16,18-28,31-34H,1-13H2,(H,29,30)/t14-,15+,16+,18+,19-,20-,21+,22+,23-/m0/s1. The van der Waals surface area contributed by atoms with Crippen molar-refractivity contribution in [3.8, 4) is 0 Å². The van der Waals surface area contributed by atoms with Crippen molar-refractivity contribution in [2.75, 3.05) is 26.3 Å². The van der Waals surface area contributed by atoms with Crippen LogP contribution in [0.3, 0.4) is 0 Å². The molecule has 0 aromatic rings. The highest BCUT2D eigenvalue weighted by Crippen LogP contribution is 2.25. The Morgan fingerprint density at radius 1 is 0.833 bits per heavy atom. The molecule has 0 spiro atoms. The van der Waals surface area contributed by atoms with Crippen molar-refractivity contribution in [1.29, 1.82) is 0 Å². The van der Waals surface area contributed by atoms with Gasteiger partial charge in [-0.3, -0.25) is 4.79 Å². The van der Waals surface area contributed by atoms with E-state index in [0.29, 0.717) is 13.0 Å². The van der Waals surface area contributed by atoms with Crippen molar-refractivity contribution in [2.45, 2.75) is 113 Å². The van der Waals surface area contributed by atoms with E-state index >= 15 is 0 Å². The van der Waals surface area contributed by atoms with Gasteiger partial charge >= 0.3 is 5.97 Å². The summed E-state index contributed by atoms with van der Waals surface area (Å²) in [5, 5.41) is 91.0. The number of aliphatic hydroxyl groups excluding tert-OH is 8. The molecule has 13 nitrogen and oxygen atoms in total. The van der Waals surface area contributed by atoms with Gasteiger partial charge in [0.2, 0.25) is 0 Å². The van der Waals surface area contributed by atoms with Gasteiger partial charge in [-0.1, -0.05) is 38.5 Å². The quantitative estimate of drug-likeness (QED) is 0.0735. The van der Waals surface area contributed by atoms with Crippen LogP contribution in [0.15, 0.2) is 0 Å². The lowest BCUT2D eigenvalue weighted by molar-refractivity contribution is -0.327. The third-order valence-corrected chi connectivity index (χ3v) is 6.28. The molecule has 36 heavy (non-hydrogen) atoms. The van der Waals surface area contributed by atoms with Crippen LogP contribution in [0.25, 0.3) is 0 Å². The lowest BCUT2D eigenvalue weighted by Gasteiger charge is -2.42. The molecule has 0 saturated carbocycles. The Bertz CT molecular complexity index is 583. The van der Waals surface area contributed by atoms with Crippen LogP contribution in [0, 0.1) is 0 Å². The molecule has 0 amide bonds. The van der Waals surface area contributed by atoms with E-state index in [4.69, 9.17) is 14.6 Å². The first-order valence-corrected chi connectivity index (χ1v) is 12.7. The number of carbonyl (C=O) groups is 1. The van der Waals surface area contributed by atoms with Crippen LogP contribution in [-0.4, -0.2) is 133 Å². The SMILES string of the molecule is O=C(O)CCCCCCCCCCNC[C@H](O)[C@@H](O)[C@H](O[C@@H]1O[C@H](CO)[C@H](O)[C@H](O)[C@H]1O)[C@H](O)CO. The maximum absolute atomic E-state index is 10.5. The van der Waals surface area contributed by atoms with Crippen molar-refractivity contribution in [3.05, 3.63) is 0 Å². The Labute approximate surface area is 211 Å². The first kappa shape index (κ1) is 33.1. The highest BCUT2D eigenvalue weighted by atomic mass is 16.7. The normalized spacial score (nSPS) is 27.9. The van der Waals surface area contributed by atoms with Gasteiger partial charge in [0.15, 0.2) is 6.29 Å². The number of unbranched alkanes of at least 4 members (excludes halogenated alkanes) is 7. The smallest absolute Gasteiger partial charge is 0.303 e. The summed E-state index contributed by atoms with van der Waals surface area (Å²) in [7, 11) is 0. The Morgan fingerprint density at radius 2 is 1.42 bits per heavy atom. The van der Waals surface area contributed by atoms with Crippen LogP contribution in [-0.2, 0) is 14.3 Å². The largest absolute Gasteiger partial charge is 0.481 e. The number of ether oxygens (including phenoxy) is 2. The number of hydrogen-bond donors (Lipinski definition) is 10. The monoisotopic (exact) mass is 527 g/mol. The van der Waals surface area contributed by atoms with Crippen molar-refractivity contribution < 1.29 is 60.2 Å². The predicted molar refractivity (Wildman–Crippen MR) is 126 cm³/mol. The zero-order valence-electron chi connectivity index (χ0n) is 20.6. The zero-order valence-corrected chi connectivity index (χ0v) is 20.6. The van der Waals surface area contributed by atoms with Crippen molar-refractivity contribution in [3.63, 3.8) is 0 Å². The maximum Gasteiger partial charge on any atom is 0.303 e. The van der Waals surface area contributed by atoms with Gasteiger partial charge in [-0.05, 0) is 19.4 Å². The Hall–Kier alpha value is -0.970. The van der Waals surface area contributed by atoms with Gasteiger partial charge < -0.3 is 60.7 Å². The molecule has 9 atom stereocenters. The molecule has 0 radical (unpaired) electrons. The molecule has 13 heteroatoms. The number of hydrogen-bond acceptors (Lipinski definition) is 12. The van der Waals surface area contributed by atoms with Gasteiger partial charge in [0, 0.05) is 13.0 Å². The summed E-state index contributed by atoms with van der Waals surface area (Å²) in [6, 6.07) is 0. The van der Waals surface area contributed by atoms with Gasteiger partial charge in [0.25, 0.3) is 0 Å². The Morgan fingerprint density at radius 3 is 1.97 bits per heavy atom. The fraction of sp³-hybridized carbons (Fsp3) is 0.957. The van der Waals surface area contributed by atoms with Crippen molar-refractivity contribution >= 4 is 5.97 Å². The van der Waals surface area contributed by atoms with Gasteiger partial charge in [-0.25, -0.2) is 0 Å². The minimum atomic E-state index is -1.77.